The minimum Gasteiger partial charge on any atom is -0.497 e. The van der Waals surface area contributed by atoms with Crippen LogP contribution in [0.1, 0.15) is 11.1 Å². The third-order valence-electron chi connectivity index (χ3n) is 5.09. The number of carbonyl (C=O) groups is 2. The molecule has 3 aromatic rings. The van der Waals surface area contributed by atoms with Crippen molar-refractivity contribution in [1.29, 1.82) is 0 Å². The van der Waals surface area contributed by atoms with Crippen molar-refractivity contribution in [3.8, 4) is 5.75 Å². The second kappa shape index (κ2) is 9.02. The maximum absolute atomic E-state index is 13.4. The molecule has 0 aliphatic carbocycles. The van der Waals surface area contributed by atoms with Gasteiger partial charge in [0.2, 0.25) is 0 Å². The van der Waals surface area contributed by atoms with E-state index in [1.54, 1.807) is 54.4 Å². The van der Waals surface area contributed by atoms with Crippen LogP contribution in [0.25, 0.3) is 5.70 Å². The molecule has 0 radical (unpaired) electrons. The minimum absolute atomic E-state index is 0.129. The van der Waals surface area contributed by atoms with E-state index in [1.807, 2.05) is 31.2 Å². The van der Waals surface area contributed by atoms with Crippen molar-refractivity contribution in [2.24, 2.45) is 0 Å². The Kier molecular flexibility index (Phi) is 6.17. The van der Waals surface area contributed by atoms with Crippen LogP contribution in [0.4, 0.5) is 5.69 Å². The van der Waals surface area contributed by atoms with Crippen LogP contribution in [-0.4, -0.2) is 23.8 Å². The number of amides is 2. The van der Waals surface area contributed by atoms with E-state index >= 15 is 0 Å². The van der Waals surface area contributed by atoms with E-state index in [0.29, 0.717) is 21.5 Å². The largest absolute Gasteiger partial charge is 0.497 e. The van der Waals surface area contributed by atoms with Crippen molar-refractivity contribution in [3.63, 3.8) is 0 Å². The molecule has 1 N–H and O–H groups in total. The number of anilines is 1. The maximum atomic E-state index is 13.4. The zero-order chi connectivity index (χ0) is 22.8. The first kappa shape index (κ1) is 21.9. The molecule has 0 bridgehead atoms. The molecule has 32 heavy (non-hydrogen) atoms. The Hall–Kier alpha value is -3.35. The Morgan fingerprint density at radius 1 is 0.938 bits per heavy atom. The normalized spacial score (nSPS) is 13.7. The first-order valence-electron chi connectivity index (χ1n) is 9.81. The molecule has 0 saturated carbocycles. The van der Waals surface area contributed by atoms with Crippen LogP contribution in [0.3, 0.4) is 0 Å². The molecule has 1 aliphatic rings. The van der Waals surface area contributed by atoms with E-state index < -0.39 is 11.8 Å². The summed E-state index contributed by atoms with van der Waals surface area (Å²) in [5.74, 6) is -0.133. The SMILES string of the molecule is COc1ccc(CN2C(=O)C(Nc3ccc(Cl)c(Cl)c3)=C([n+]3ccc(C)cc3)C2=O)cc1. The van der Waals surface area contributed by atoms with Gasteiger partial charge in [-0.15, -0.1) is 0 Å². The highest BCUT2D eigenvalue weighted by atomic mass is 35.5. The second-order valence-corrected chi connectivity index (χ2v) is 8.12. The van der Waals surface area contributed by atoms with Gasteiger partial charge in [0.1, 0.15) is 5.75 Å². The van der Waals surface area contributed by atoms with Crippen LogP contribution < -0.4 is 14.6 Å². The topological polar surface area (TPSA) is 62.5 Å². The van der Waals surface area contributed by atoms with Crippen LogP contribution in [-0.2, 0) is 16.1 Å². The average Bonchev–Trinajstić information content (AvgIpc) is 3.01. The molecule has 0 fully saturated rings. The zero-order valence-electron chi connectivity index (χ0n) is 17.4. The van der Waals surface area contributed by atoms with E-state index in [9.17, 15) is 9.59 Å². The molecule has 2 heterocycles. The number of hydrogen-bond donors (Lipinski definition) is 1. The van der Waals surface area contributed by atoms with Gasteiger partial charge in [-0.05, 0) is 48.4 Å². The number of benzene rings is 2. The van der Waals surface area contributed by atoms with Gasteiger partial charge in [0.25, 0.3) is 5.91 Å². The molecule has 4 rings (SSSR count). The lowest BCUT2D eigenvalue weighted by molar-refractivity contribution is -0.578. The number of hydrogen-bond acceptors (Lipinski definition) is 4. The van der Waals surface area contributed by atoms with Crippen molar-refractivity contribution in [3.05, 3.63) is 93.9 Å². The zero-order valence-corrected chi connectivity index (χ0v) is 18.9. The molecular formula is C24H20Cl2N3O3+. The van der Waals surface area contributed by atoms with Gasteiger partial charge < -0.3 is 10.1 Å². The number of nitrogens with zero attached hydrogens (tertiary/aromatic N) is 2. The fraction of sp³-hybridized carbons (Fsp3) is 0.125. The molecule has 2 aromatic carbocycles. The minimum atomic E-state index is -0.431. The molecule has 0 spiro atoms. The lowest BCUT2D eigenvalue weighted by atomic mass is 10.2. The summed E-state index contributed by atoms with van der Waals surface area (Å²) >= 11 is 12.1. The molecule has 1 aliphatic heterocycles. The summed E-state index contributed by atoms with van der Waals surface area (Å²) in [4.78, 5) is 27.9. The maximum Gasteiger partial charge on any atom is 0.328 e. The first-order valence-corrected chi connectivity index (χ1v) is 10.6. The van der Waals surface area contributed by atoms with E-state index in [4.69, 9.17) is 27.9 Å². The number of carbonyl (C=O) groups excluding carboxylic acids is 2. The fourth-order valence-corrected chi connectivity index (χ4v) is 3.64. The third kappa shape index (κ3) is 4.33. The second-order valence-electron chi connectivity index (χ2n) is 7.30. The van der Waals surface area contributed by atoms with E-state index in [0.717, 1.165) is 11.1 Å². The number of aromatic nitrogens is 1. The molecule has 0 atom stereocenters. The summed E-state index contributed by atoms with van der Waals surface area (Å²) in [6, 6.07) is 15.9. The fourth-order valence-electron chi connectivity index (χ4n) is 3.34. The first-order chi connectivity index (χ1) is 15.4. The van der Waals surface area contributed by atoms with E-state index in [2.05, 4.69) is 5.32 Å². The molecule has 0 unspecified atom stereocenters. The van der Waals surface area contributed by atoms with Gasteiger partial charge >= 0.3 is 11.6 Å². The van der Waals surface area contributed by atoms with Crippen molar-refractivity contribution >= 4 is 46.4 Å². The predicted octanol–water partition coefficient (Wildman–Crippen LogP) is 4.45. The number of rotatable bonds is 6. The summed E-state index contributed by atoms with van der Waals surface area (Å²) in [6.07, 6.45) is 3.51. The highest BCUT2D eigenvalue weighted by Crippen LogP contribution is 2.29. The smallest absolute Gasteiger partial charge is 0.328 e. The van der Waals surface area contributed by atoms with E-state index in [-0.39, 0.29) is 17.9 Å². The van der Waals surface area contributed by atoms with Gasteiger partial charge in [0, 0.05) is 17.8 Å². The van der Waals surface area contributed by atoms with Crippen LogP contribution in [0.2, 0.25) is 10.0 Å². The highest BCUT2D eigenvalue weighted by Gasteiger charge is 2.45. The van der Waals surface area contributed by atoms with Crippen LogP contribution in [0, 0.1) is 6.92 Å². The molecular weight excluding hydrogens is 449 g/mol. The lowest BCUT2D eigenvalue weighted by Gasteiger charge is -2.14. The number of halogens is 2. The monoisotopic (exact) mass is 468 g/mol. The number of imide groups is 1. The Balaban J connectivity index is 1.71. The van der Waals surface area contributed by atoms with Gasteiger partial charge in [-0.3, -0.25) is 14.5 Å². The Morgan fingerprint density at radius 2 is 1.62 bits per heavy atom. The number of pyridine rings is 1. The van der Waals surface area contributed by atoms with Crippen molar-refractivity contribution < 1.29 is 18.9 Å². The molecule has 6 nitrogen and oxygen atoms in total. The summed E-state index contributed by atoms with van der Waals surface area (Å²) in [6.45, 7) is 2.08. The summed E-state index contributed by atoms with van der Waals surface area (Å²) in [5, 5.41) is 3.81. The van der Waals surface area contributed by atoms with Crippen molar-refractivity contribution in [2.75, 3.05) is 12.4 Å². The lowest BCUT2D eigenvalue weighted by Crippen LogP contribution is -2.39. The Bertz CT molecular complexity index is 1220. The molecule has 8 heteroatoms. The molecule has 1 aromatic heterocycles. The Labute approximate surface area is 195 Å². The van der Waals surface area contributed by atoms with Crippen molar-refractivity contribution in [2.45, 2.75) is 13.5 Å². The average molecular weight is 469 g/mol. The number of ether oxygens (including phenoxy) is 1. The number of methoxy groups -OCH3 is 1. The van der Waals surface area contributed by atoms with Gasteiger partial charge in [0.05, 0.1) is 23.7 Å². The van der Waals surface area contributed by atoms with Crippen molar-refractivity contribution in [1.82, 2.24) is 4.90 Å². The molecule has 0 saturated heterocycles. The van der Waals surface area contributed by atoms with Crippen LogP contribution in [0.15, 0.2) is 72.7 Å². The Morgan fingerprint density at radius 3 is 2.25 bits per heavy atom. The quantitative estimate of drug-likeness (QED) is 0.428. The van der Waals surface area contributed by atoms with Crippen LogP contribution >= 0.6 is 23.2 Å². The van der Waals surface area contributed by atoms with E-state index in [1.165, 1.54) is 4.90 Å². The van der Waals surface area contributed by atoms with Crippen LogP contribution in [0.5, 0.6) is 5.75 Å². The van der Waals surface area contributed by atoms with Gasteiger partial charge in [0.15, 0.2) is 18.1 Å². The molecule has 162 valence electrons. The van der Waals surface area contributed by atoms with Gasteiger partial charge in [-0.25, -0.2) is 0 Å². The summed E-state index contributed by atoms with van der Waals surface area (Å²) in [7, 11) is 1.58. The number of aryl methyl sites for hydroxylation is 1. The third-order valence-corrected chi connectivity index (χ3v) is 5.83. The standard InChI is InChI=1S/C24H19Cl2N3O3/c1-15-9-11-28(12-10-15)22-21(27-17-5-8-19(25)20(26)13-17)23(30)29(24(22)31)14-16-3-6-18(32-2)7-4-16/h3-13H,14H2,1-2H3/p+1. The van der Waals surface area contributed by atoms with Gasteiger partial charge in [-0.1, -0.05) is 35.3 Å². The summed E-state index contributed by atoms with van der Waals surface area (Å²) in [5.41, 5.74) is 2.78. The highest BCUT2D eigenvalue weighted by molar-refractivity contribution is 6.42. The van der Waals surface area contributed by atoms with Gasteiger partial charge in [-0.2, -0.15) is 4.57 Å². The number of nitrogens with one attached hydrogen (secondary N) is 1. The summed E-state index contributed by atoms with van der Waals surface area (Å²) < 4.78 is 6.82. The predicted molar refractivity (Wildman–Crippen MR) is 123 cm³/mol. The molecule has 2 amide bonds.